The van der Waals surface area contributed by atoms with Crippen molar-refractivity contribution in [1.82, 2.24) is 0 Å². The summed E-state index contributed by atoms with van der Waals surface area (Å²) in [5.74, 6) is -1.63. The summed E-state index contributed by atoms with van der Waals surface area (Å²) in [7, 11) is 0. The molecule has 4 aliphatic heterocycles. The summed E-state index contributed by atoms with van der Waals surface area (Å²) in [6.07, 6.45) is 0.724. The summed E-state index contributed by atoms with van der Waals surface area (Å²) >= 11 is 0. The Labute approximate surface area is 230 Å². The van der Waals surface area contributed by atoms with Crippen LogP contribution >= 0.6 is 0 Å². The standard InChI is InChI=1S/2C15H16O5/c2*1-14(2)3-7-11(9(16)4-14)15-5-10(17)20-13(15)19-6-8(15)12(7)18/h2*8,13H,3-6H2,1-2H3/t2*8-,13-,15-/m10/s1. The van der Waals surface area contributed by atoms with Crippen molar-refractivity contribution in [2.24, 2.45) is 33.5 Å². The van der Waals surface area contributed by atoms with Crippen LogP contribution in [0.25, 0.3) is 0 Å². The van der Waals surface area contributed by atoms with Gasteiger partial charge in [-0.2, -0.15) is 0 Å². The molecule has 0 radical (unpaired) electrons. The Hall–Kier alpha value is -2.98. The van der Waals surface area contributed by atoms with Crippen LogP contribution in [0.4, 0.5) is 0 Å². The number of hydrogen-bond donors (Lipinski definition) is 0. The van der Waals surface area contributed by atoms with Crippen LogP contribution in [0.3, 0.4) is 0 Å². The van der Waals surface area contributed by atoms with Gasteiger partial charge in [0, 0.05) is 35.1 Å². The first-order valence-electron chi connectivity index (χ1n) is 13.9. The molecule has 0 aromatic carbocycles. The fourth-order valence-corrected chi connectivity index (χ4v) is 8.73. The molecule has 4 heterocycles. The lowest BCUT2D eigenvalue weighted by Crippen LogP contribution is -2.37. The maximum atomic E-state index is 12.6. The van der Waals surface area contributed by atoms with Crippen molar-refractivity contribution in [3.8, 4) is 0 Å². The lowest BCUT2D eigenvalue weighted by molar-refractivity contribution is -0.161. The van der Waals surface area contributed by atoms with Gasteiger partial charge in [0.2, 0.25) is 12.6 Å². The van der Waals surface area contributed by atoms with Crippen molar-refractivity contribution in [1.29, 1.82) is 0 Å². The molecule has 0 N–H and O–H groups in total. The van der Waals surface area contributed by atoms with Gasteiger partial charge in [0.25, 0.3) is 0 Å². The highest BCUT2D eigenvalue weighted by Crippen LogP contribution is 2.63. The number of esters is 2. The van der Waals surface area contributed by atoms with Gasteiger partial charge in [0.1, 0.15) is 0 Å². The average molecular weight is 553 g/mol. The van der Waals surface area contributed by atoms with Gasteiger partial charge in [0.05, 0.1) is 48.7 Å². The Kier molecular flexibility index (Phi) is 5.09. The molecule has 0 aromatic rings. The molecule has 4 fully saturated rings. The minimum atomic E-state index is -0.822. The summed E-state index contributed by atoms with van der Waals surface area (Å²) < 4.78 is 21.3. The van der Waals surface area contributed by atoms with E-state index >= 15 is 0 Å². The molecule has 212 valence electrons. The summed E-state index contributed by atoms with van der Waals surface area (Å²) in [6, 6.07) is 0. The monoisotopic (exact) mass is 552 g/mol. The van der Waals surface area contributed by atoms with Crippen molar-refractivity contribution in [2.45, 2.75) is 78.8 Å². The molecular formula is C30H32O10. The maximum absolute atomic E-state index is 12.6. The van der Waals surface area contributed by atoms with E-state index in [0.29, 0.717) is 48.0 Å². The van der Waals surface area contributed by atoms with Crippen LogP contribution in [0.2, 0.25) is 0 Å². The van der Waals surface area contributed by atoms with Gasteiger partial charge in [-0.05, 0) is 23.7 Å². The number of carbonyl (C=O) groups is 6. The van der Waals surface area contributed by atoms with Gasteiger partial charge in [-0.15, -0.1) is 0 Å². The van der Waals surface area contributed by atoms with E-state index < -0.39 is 35.2 Å². The van der Waals surface area contributed by atoms with Crippen molar-refractivity contribution < 1.29 is 47.7 Å². The number of ketones is 4. The van der Waals surface area contributed by atoms with Gasteiger partial charge in [-0.3, -0.25) is 28.8 Å². The Morgan fingerprint density at radius 3 is 1.30 bits per heavy atom. The molecule has 8 aliphatic rings. The molecule has 0 aromatic heterocycles. The normalized spacial score (nSPS) is 41.6. The van der Waals surface area contributed by atoms with Gasteiger partial charge in [-0.1, -0.05) is 27.7 Å². The van der Waals surface area contributed by atoms with E-state index in [-0.39, 0.29) is 72.0 Å². The van der Waals surface area contributed by atoms with Crippen molar-refractivity contribution >= 4 is 35.1 Å². The second kappa shape index (κ2) is 7.85. The predicted molar refractivity (Wildman–Crippen MR) is 133 cm³/mol. The van der Waals surface area contributed by atoms with E-state index in [1.807, 2.05) is 27.7 Å². The summed E-state index contributed by atoms with van der Waals surface area (Å²) in [5.41, 5.74) is 0.307. The Bertz CT molecular complexity index is 1300. The molecular weight excluding hydrogens is 520 g/mol. The first-order chi connectivity index (χ1) is 18.7. The predicted octanol–water partition coefficient (Wildman–Crippen LogP) is 2.32. The summed E-state index contributed by atoms with van der Waals surface area (Å²) in [6.45, 7) is 8.49. The minimum Gasteiger partial charge on any atom is -0.435 e. The zero-order valence-electron chi connectivity index (χ0n) is 23.0. The third-order valence-electron chi connectivity index (χ3n) is 10.2. The SMILES string of the molecule is CC1(C)CC(=O)C2=C(C1)C(=O)[C@@H]1CO[C@H]3OC(=O)C[C@]231.CC1(C)CC(=O)C2=C(C1)C(=O)[C@H]1CO[C@@H]3OC(=O)C[C@@]231. The minimum absolute atomic E-state index is 0.0121. The maximum Gasteiger partial charge on any atom is 0.309 e. The quantitative estimate of drug-likeness (QED) is 0.411. The molecule has 0 unspecified atom stereocenters. The lowest BCUT2D eigenvalue weighted by atomic mass is 9.67. The third kappa shape index (κ3) is 3.17. The largest absolute Gasteiger partial charge is 0.435 e. The topological polar surface area (TPSA) is 139 Å². The Morgan fingerprint density at radius 2 is 0.925 bits per heavy atom. The highest BCUT2D eigenvalue weighted by Gasteiger charge is 2.71. The van der Waals surface area contributed by atoms with Gasteiger partial charge >= 0.3 is 11.9 Å². The summed E-state index contributed by atoms with van der Waals surface area (Å²) in [4.78, 5) is 73.8. The molecule has 2 spiro atoms. The molecule has 0 saturated carbocycles. The van der Waals surface area contributed by atoms with Crippen LogP contribution < -0.4 is 0 Å². The van der Waals surface area contributed by atoms with Gasteiger partial charge < -0.3 is 18.9 Å². The Balaban J connectivity index is 0.000000132. The zero-order valence-corrected chi connectivity index (χ0v) is 23.0. The molecule has 0 bridgehead atoms. The fraction of sp³-hybridized carbons (Fsp3) is 0.667. The first kappa shape index (κ1) is 26.0. The average Bonchev–Trinajstić information content (AvgIpc) is 3.59. The van der Waals surface area contributed by atoms with Crippen molar-refractivity contribution in [3.05, 3.63) is 22.3 Å². The molecule has 4 aliphatic carbocycles. The molecule has 8 rings (SSSR count). The van der Waals surface area contributed by atoms with E-state index in [2.05, 4.69) is 0 Å². The van der Waals surface area contributed by atoms with Crippen molar-refractivity contribution in [3.63, 3.8) is 0 Å². The number of hydrogen-bond acceptors (Lipinski definition) is 10. The van der Waals surface area contributed by atoms with E-state index in [1.54, 1.807) is 0 Å². The number of ether oxygens (including phenoxy) is 4. The number of rotatable bonds is 0. The smallest absolute Gasteiger partial charge is 0.309 e. The zero-order chi connectivity index (χ0) is 28.6. The molecule has 40 heavy (non-hydrogen) atoms. The van der Waals surface area contributed by atoms with E-state index in [1.165, 1.54) is 0 Å². The third-order valence-corrected chi connectivity index (χ3v) is 10.2. The fourth-order valence-electron chi connectivity index (χ4n) is 8.73. The van der Waals surface area contributed by atoms with Crippen LogP contribution in [0.1, 0.15) is 66.2 Å². The van der Waals surface area contributed by atoms with E-state index in [9.17, 15) is 28.8 Å². The van der Waals surface area contributed by atoms with Crippen LogP contribution in [0, 0.1) is 33.5 Å². The van der Waals surface area contributed by atoms with E-state index in [0.717, 1.165) is 0 Å². The number of carbonyl (C=O) groups excluding carboxylic acids is 6. The molecule has 10 nitrogen and oxygen atoms in total. The Morgan fingerprint density at radius 1 is 0.550 bits per heavy atom. The van der Waals surface area contributed by atoms with Crippen molar-refractivity contribution in [2.75, 3.05) is 13.2 Å². The van der Waals surface area contributed by atoms with Gasteiger partial charge in [0.15, 0.2) is 23.1 Å². The second-order valence-corrected chi connectivity index (χ2v) is 14.2. The van der Waals surface area contributed by atoms with Gasteiger partial charge in [-0.25, -0.2) is 0 Å². The highest BCUT2D eigenvalue weighted by molar-refractivity contribution is 6.16. The number of Topliss-reactive ketones (excluding diaryl/α,β-unsaturated/α-hetero) is 4. The first-order valence-corrected chi connectivity index (χ1v) is 13.9. The van der Waals surface area contributed by atoms with Crippen LogP contribution in [0.15, 0.2) is 22.3 Å². The number of allylic oxidation sites excluding steroid dienone is 2. The molecule has 6 atom stereocenters. The van der Waals surface area contributed by atoms with E-state index in [4.69, 9.17) is 18.9 Å². The second-order valence-electron chi connectivity index (χ2n) is 14.2. The highest BCUT2D eigenvalue weighted by atomic mass is 16.7. The van der Waals surface area contributed by atoms with Crippen LogP contribution in [0.5, 0.6) is 0 Å². The molecule has 0 amide bonds. The van der Waals surface area contributed by atoms with Crippen LogP contribution in [-0.4, -0.2) is 60.9 Å². The summed E-state index contributed by atoms with van der Waals surface area (Å²) in [5, 5.41) is 0. The molecule has 10 heteroatoms. The lowest BCUT2D eigenvalue weighted by Gasteiger charge is -2.33. The van der Waals surface area contributed by atoms with Crippen LogP contribution in [-0.2, 0) is 47.7 Å². The molecule has 4 saturated heterocycles.